The Balaban J connectivity index is 1.25. The number of para-hydroxylation sites is 1. The van der Waals surface area contributed by atoms with E-state index in [2.05, 4.69) is 20.3 Å². The normalized spacial score (nSPS) is 34.2. The Morgan fingerprint density at radius 1 is 1.31 bits per heavy atom. The van der Waals surface area contributed by atoms with Crippen molar-refractivity contribution in [3.63, 3.8) is 0 Å². The maximum Gasteiger partial charge on any atom is 0.270 e. The van der Waals surface area contributed by atoms with E-state index in [0.29, 0.717) is 25.3 Å². The number of carbonyl (C=O) groups excluding carboxylic acids is 1. The molecule has 0 radical (unpaired) electrons. The van der Waals surface area contributed by atoms with E-state index in [1.165, 1.54) is 12.8 Å². The van der Waals surface area contributed by atoms with E-state index in [0.717, 1.165) is 30.4 Å². The number of hydrazine groups is 1. The third-order valence-electron chi connectivity index (χ3n) is 7.41. The van der Waals surface area contributed by atoms with Crippen molar-refractivity contribution in [2.75, 3.05) is 39.3 Å². The molecule has 4 heterocycles. The van der Waals surface area contributed by atoms with E-state index in [1.54, 1.807) is 0 Å². The summed E-state index contributed by atoms with van der Waals surface area (Å²) in [7, 11) is 0. The van der Waals surface area contributed by atoms with Crippen LogP contribution in [0.1, 0.15) is 31.1 Å². The van der Waals surface area contributed by atoms with Crippen molar-refractivity contribution in [3.8, 4) is 0 Å². The average molecular weight is 397 g/mol. The zero-order valence-electron chi connectivity index (χ0n) is 17.6. The average Bonchev–Trinajstić information content (AvgIpc) is 3.27. The van der Waals surface area contributed by atoms with Gasteiger partial charge in [0, 0.05) is 68.5 Å². The van der Waals surface area contributed by atoms with Crippen LogP contribution in [-0.2, 0) is 0 Å². The van der Waals surface area contributed by atoms with Crippen LogP contribution in [0.5, 0.6) is 0 Å². The minimum atomic E-state index is -0.746. The molecule has 154 valence electrons. The fraction of sp³-hybridized carbons (Fsp3) is 0.591. The molecule has 29 heavy (non-hydrogen) atoms. The molecule has 1 aromatic heterocycles. The molecule has 0 bridgehead atoms. The van der Waals surface area contributed by atoms with Gasteiger partial charge in [0.25, 0.3) is 5.91 Å². The largest absolute Gasteiger partial charge is 0.395 e. The van der Waals surface area contributed by atoms with Crippen LogP contribution in [0.2, 0.25) is 0 Å². The number of hydrogen-bond acceptors (Lipinski definition) is 5. The van der Waals surface area contributed by atoms with Gasteiger partial charge in [-0.2, -0.15) is 0 Å². The fourth-order valence-electron chi connectivity index (χ4n) is 5.65. The Labute approximate surface area is 172 Å². The number of H-pyrrole nitrogens is 1. The highest BCUT2D eigenvalue weighted by molar-refractivity contribution is 5.98. The molecular formula is C22H29N5O2. The van der Waals surface area contributed by atoms with Crippen molar-refractivity contribution in [3.05, 3.63) is 36.0 Å². The third kappa shape index (κ3) is 2.83. The summed E-state index contributed by atoms with van der Waals surface area (Å²) in [5.41, 5.74) is 5.37. The summed E-state index contributed by atoms with van der Waals surface area (Å²) in [6.07, 6.45) is 3.12. The first-order valence-electron chi connectivity index (χ1n) is 11.3. The van der Waals surface area contributed by atoms with Gasteiger partial charge in [-0.15, -0.1) is 0 Å². The van der Waals surface area contributed by atoms with E-state index in [9.17, 15) is 11.3 Å². The molecule has 6 rings (SSSR count). The lowest BCUT2D eigenvalue weighted by molar-refractivity contribution is -0.00557. The minimum absolute atomic E-state index is 0.0172. The molecule has 7 heteroatoms. The van der Waals surface area contributed by atoms with Gasteiger partial charge in [-0.25, -0.2) is 5.01 Å². The van der Waals surface area contributed by atoms with E-state index < -0.39 is 5.89 Å². The topological polar surface area (TPSA) is 74.8 Å². The van der Waals surface area contributed by atoms with Crippen molar-refractivity contribution in [2.45, 2.75) is 36.9 Å². The van der Waals surface area contributed by atoms with Crippen molar-refractivity contribution in [1.29, 1.82) is 0 Å². The number of likely N-dealkylation sites (tertiary alicyclic amines) is 1. The lowest BCUT2D eigenvalue weighted by Crippen LogP contribution is -2.61. The second kappa shape index (κ2) is 6.54. The van der Waals surface area contributed by atoms with E-state index in [1.807, 2.05) is 35.2 Å². The number of piperidine rings is 1. The van der Waals surface area contributed by atoms with Crippen molar-refractivity contribution in [2.24, 2.45) is 5.89 Å². The number of aromatic amines is 1. The molecule has 4 fully saturated rings. The van der Waals surface area contributed by atoms with Gasteiger partial charge in [0.2, 0.25) is 0 Å². The summed E-state index contributed by atoms with van der Waals surface area (Å²) in [6, 6.07) is 9.93. The second-order valence-electron chi connectivity index (χ2n) is 9.08. The minimum Gasteiger partial charge on any atom is -0.395 e. The molecule has 3 unspecified atom stereocenters. The number of piperazine rings is 1. The van der Waals surface area contributed by atoms with Gasteiger partial charge in [0.15, 0.2) is 0 Å². The molecular weight excluding hydrogens is 366 g/mol. The molecule has 1 aromatic carbocycles. The van der Waals surface area contributed by atoms with E-state index in [-0.39, 0.29) is 30.1 Å². The number of aromatic nitrogens is 1. The number of rotatable bonds is 3. The Morgan fingerprint density at radius 3 is 2.97 bits per heavy atom. The van der Waals surface area contributed by atoms with Gasteiger partial charge in [0.1, 0.15) is 5.69 Å². The lowest BCUT2D eigenvalue weighted by atomic mass is 9.86. The first-order valence-corrected chi connectivity index (χ1v) is 10.8. The number of aliphatic hydroxyl groups excluding tert-OH is 1. The molecule has 1 amide bonds. The van der Waals surface area contributed by atoms with Crippen molar-refractivity contribution in [1.82, 2.24) is 25.2 Å². The molecule has 3 saturated heterocycles. The maximum absolute atomic E-state index is 13.3. The molecule has 2 aromatic rings. The standard InChI is InChI=1S/C22H29N5O2/c28-10-9-26-13-20-16-12-25(8-5-18(16)24-27(20)14-22(26)6-7-22)21(29)19-11-15-3-1-2-4-17(15)23-19/h1-4,11,16,18,20,23-24,28H,5-10,12-14H2/i16D. The van der Waals surface area contributed by atoms with Gasteiger partial charge in [-0.1, -0.05) is 18.2 Å². The van der Waals surface area contributed by atoms with E-state index in [4.69, 9.17) is 0 Å². The molecule has 3 aliphatic heterocycles. The Kier molecular flexibility index (Phi) is 3.79. The monoisotopic (exact) mass is 396 g/mol. The van der Waals surface area contributed by atoms with Crippen LogP contribution >= 0.6 is 0 Å². The summed E-state index contributed by atoms with van der Waals surface area (Å²) < 4.78 is 9.43. The number of aliphatic hydroxyl groups is 1. The molecule has 3 N–H and O–H groups in total. The van der Waals surface area contributed by atoms with Crippen LogP contribution in [0.25, 0.3) is 10.9 Å². The first kappa shape index (κ1) is 16.8. The smallest absolute Gasteiger partial charge is 0.270 e. The highest BCUT2D eigenvalue weighted by Crippen LogP contribution is 2.47. The van der Waals surface area contributed by atoms with Crippen LogP contribution in [0.4, 0.5) is 0 Å². The molecule has 1 saturated carbocycles. The highest BCUT2D eigenvalue weighted by Gasteiger charge is 2.57. The predicted molar refractivity (Wildman–Crippen MR) is 110 cm³/mol. The predicted octanol–water partition coefficient (Wildman–Crippen LogP) is 1.03. The number of benzene rings is 1. The third-order valence-corrected chi connectivity index (χ3v) is 7.41. The Hall–Kier alpha value is -1.93. The number of β-amino-alcohol motifs (C(OH)–C–C–N with tert-alkyl or cyclic N) is 1. The number of hydrogen-bond donors (Lipinski definition) is 3. The van der Waals surface area contributed by atoms with Gasteiger partial charge in [-0.3, -0.25) is 15.1 Å². The highest BCUT2D eigenvalue weighted by atomic mass is 16.3. The Morgan fingerprint density at radius 2 is 2.17 bits per heavy atom. The van der Waals surface area contributed by atoms with Crippen LogP contribution in [0.15, 0.2) is 30.3 Å². The number of nitrogens with zero attached hydrogens (tertiary/aromatic N) is 3. The fourth-order valence-corrected chi connectivity index (χ4v) is 5.65. The van der Waals surface area contributed by atoms with Crippen molar-refractivity contribution >= 4 is 16.8 Å². The summed E-state index contributed by atoms with van der Waals surface area (Å²) >= 11 is 0. The molecule has 1 aliphatic carbocycles. The van der Waals surface area contributed by atoms with Gasteiger partial charge >= 0.3 is 0 Å². The molecule has 1 spiro atoms. The zero-order valence-corrected chi connectivity index (χ0v) is 16.6. The summed E-state index contributed by atoms with van der Waals surface area (Å²) in [5.74, 6) is -0.763. The zero-order chi connectivity index (χ0) is 20.5. The van der Waals surface area contributed by atoms with Crippen molar-refractivity contribution < 1.29 is 11.3 Å². The molecule has 7 nitrogen and oxygen atoms in total. The lowest BCUT2D eigenvalue weighted by Gasteiger charge is -2.45. The quantitative estimate of drug-likeness (QED) is 0.723. The number of fused-ring (bicyclic) bond motifs is 4. The van der Waals surface area contributed by atoms with Crippen LogP contribution in [0.3, 0.4) is 0 Å². The first-order chi connectivity index (χ1) is 14.5. The van der Waals surface area contributed by atoms with Crippen LogP contribution < -0.4 is 5.43 Å². The van der Waals surface area contributed by atoms with Gasteiger partial charge in [0.05, 0.1) is 6.61 Å². The number of nitrogens with one attached hydrogen (secondary N) is 2. The molecule has 3 atom stereocenters. The molecule has 4 aliphatic rings. The van der Waals surface area contributed by atoms with Crippen LogP contribution in [0, 0.1) is 5.89 Å². The maximum atomic E-state index is 13.3. The summed E-state index contributed by atoms with van der Waals surface area (Å²) in [5, 5.41) is 12.9. The van der Waals surface area contributed by atoms with Gasteiger partial charge < -0.3 is 15.0 Å². The second-order valence-corrected chi connectivity index (χ2v) is 9.08. The Bertz CT molecular complexity index is 958. The van der Waals surface area contributed by atoms with E-state index >= 15 is 0 Å². The number of carbonyl (C=O) groups is 1. The van der Waals surface area contributed by atoms with Gasteiger partial charge in [-0.05, 0) is 31.4 Å². The summed E-state index contributed by atoms with van der Waals surface area (Å²) in [6.45, 7) is 3.61. The SMILES string of the molecule is [2H]C12CN(C(=O)c3cc4ccccc4[nH]3)CCC1NN1CC3(CC3)N(CCO)CC12. The van der Waals surface area contributed by atoms with Crippen LogP contribution in [-0.4, -0.2) is 87.8 Å². The summed E-state index contributed by atoms with van der Waals surface area (Å²) in [4.78, 5) is 20.8. The number of amides is 1.